The summed E-state index contributed by atoms with van der Waals surface area (Å²) >= 11 is 0. The van der Waals surface area contributed by atoms with E-state index in [0.29, 0.717) is 28.8 Å². The first kappa shape index (κ1) is 15.1. The summed E-state index contributed by atoms with van der Waals surface area (Å²) in [5.74, 6) is 2.18. The molecule has 1 aromatic heterocycles. The predicted molar refractivity (Wildman–Crippen MR) is 87.8 cm³/mol. The van der Waals surface area contributed by atoms with Gasteiger partial charge in [0.2, 0.25) is 0 Å². The number of ether oxygens (including phenoxy) is 1. The Morgan fingerprint density at radius 2 is 2.12 bits per heavy atom. The van der Waals surface area contributed by atoms with Gasteiger partial charge in [0.1, 0.15) is 0 Å². The first-order valence-corrected chi connectivity index (χ1v) is 8.35. The van der Waals surface area contributed by atoms with Crippen molar-refractivity contribution in [3.63, 3.8) is 0 Å². The SMILES string of the molecule is CC1Oc2c(cccc2-c2nc(CC3CCNCC3)no2)NC1=O. The fourth-order valence-electron chi connectivity index (χ4n) is 3.19. The lowest BCUT2D eigenvalue weighted by Crippen LogP contribution is -2.34. The molecule has 3 heterocycles. The van der Waals surface area contributed by atoms with Gasteiger partial charge in [0.05, 0.1) is 11.3 Å². The van der Waals surface area contributed by atoms with E-state index in [9.17, 15) is 4.79 Å². The molecule has 2 aromatic rings. The number of para-hydroxylation sites is 1. The molecule has 1 unspecified atom stereocenters. The Balaban J connectivity index is 1.58. The molecule has 24 heavy (non-hydrogen) atoms. The van der Waals surface area contributed by atoms with Crippen LogP contribution >= 0.6 is 0 Å². The molecule has 0 bridgehead atoms. The molecule has 0 saturated carbocycles. The number of aromatic nitrogens is 2. The third-order valence-electron chi connectivity index (χ3n) is 4.57. The van der Waals surface area contributed by atoms with Crippen molar-refractivity contribution in [3.8, 4) is 17.2 Å². The number of hydrogen-bond acceptors (Lipinski definition) is 6. The lowest BCUT2D eigenvalue weighted by Gasteiger charge is -2.24. The number of benzene rings is 1. The van der Waals surface area contributed by atoms with E-state index in [0.717, 1.165) is 38.2 Å². The van der Waals surface area contributed by atoms with Gasteiger partial charge in [-0.1, -0.05) is 11.2 Å². The highest BCUT2D eigenvalue weighted by molar-refractivity contribution is 5.99. The smallest absolute Gasteiger partial charge is 0.265 e. The number of nitrogens with zero attached hydrogens (tertiary/aromatic N) is 2. The summed E-state index contributed by atoms with van der Waals surface area (Å²) in [4.78, 5) is 16.3. The summed E-state index contributed by atoms with van der Waals surface area (Å²) in [6.45, 7) is 3.81. The van der Waals surface area contributed by atoms with Crippen LogP contribution in [0.25, 0.3) is 11.5 Å². The Morgan fingerprint density at radius 3 is 2.96 bits per heavy atom. The van der Waals surface area contributed by atoms with Crippen LogP contribution in [-0.4, -0.2) is 35.2 Å². The lowest BCUT2D eigenvalue weighted by molar-refractivity contribution is -0.122. The van der Waals surface area contributed by atoms with Crippen molar-refractivity contribution < 1.29 is 14.1 Å². The number of carbonyl (C=O) groups is 1. The number of hydrogen-bond donors (Lipinski definition) is 2. The third kappa shape index (κ3) is 2.87. The van der Waals surface area contributed by atoms with Gasteiger partial charge in [0.25, 0.3) is 11.8 Å². The maximum absolute atomic E-state index is 11.7. The van der Waals surface area contributed by atoms with Crippen LogP contribution in [0.15, 0.2) is 22.7 Å². The van der Waals surface area contributed by atoms with Crippen molar-refractivity contribution in [2.45, 2.75) is 32.3 Å². The summed E-state index contributed by atoms with van der Waals surface area (Å²) in [5, 5.41) is 10.3. The molecule has 0 radical (unpaired) electrons. The highest BCUT2D eigenvalue weighted by atomic mass is 16.5. The molecule has 0 spiro atoms. The summed E-state index contributed by atoms with van der Waals surface area (Å²) in [7, 11) is 0. The van der Waals surface area contributed by atoms with Crippen molar-refractivity contribution in [1.82, 2.24) is 15.5 Å². The van der Waals surface area contributed by atoms with E-state index in [-0.39, 0.29) is 5.91 Å². The Morgan fingerprint density at radius 1 is 1.29 bits per heavy atom. The zero-order valence-electron chi connectivity index (χ0n) is 13.5. The van der Waals surface area contributed by atoms with Gasteiger partial charge in [-0.05, 0) is 50.9 Å². The summed E-state index contributed by atoms with van der Waals surface area (Å²) < 4.78 is 11.2. The van der Waals surface area contributed by atoms with Crippen LogP contribution < -0.4 is 15.4 Å². The van der Waals surface area contributed by atoms with Crippen LogP contribution in [0, 0.1) is 5.92 Å². The summed E-state index contributed by atoms with van der Waals surface area (Å²) in [6, 6.07) is 5.50. The second-order valence-corrected chi connectivity index (χ2v) is 6.34. The molecule has 1 atom stereocenters. The average Bonchev–Trinajstić information content (AvgIpc) is 3.05. The number of anilines is 1. The molecule has 1 fully saturated rings. The number of rotatable bonds is 3. The number of carbonyl (C=O) groups excluding carboxylic acids is 1. The van der Waals surface area contributed by atoms with Crippen molar-refractivity contribution in [1.29, 1.82) is 0 Å². The molecular formula is C17H20N4O3. The molecule has 2 N–H and O–H groups in total. The quantitative estimate of drug-likeness (QED) is 0.896. The van der Waals surface area contributed by atoms with Gasteiger partial charge in [-0.3, -0.25) is 4.79 Å². The second-order valence-electron chi connectivity index (χ2n) is 6.34. The highest BCUT2D eigenvalue weighted by Crippen LogP contribution is 2.38. The van der Waals surface area contributed by atoms with E-state index in [1.165, 1.54) is 0 Å². The van der Waals surface area contributed by atoms with Crippen LogP contribution in [-0.2, 0) is 11.2 Å². The maximum Gasteiger partial charge on any atom is 0.265 e. The van der Waals surface area contributed by atoms with E-state index in [2.05, 4.69) is 20.8 Å². The van der Waals surface area contributed by atoms with Crippen LogP contribution in [0.4, 0.5) is 5.69 Å². The topological polar surface area (TPSA) is 89.3 Å². The normalized spacial score (nSPS) is 21.0. The Labute approximate surface area is 139 Å². The average molecular weight is 328 g/mol. The van der Waals surface area contributed by atoms with Gasteiger partial charge in [-0.25, -0.2) is 0 Å². The van der Waals surface area contributed by atoms with Crippen molar-refractivity contribution in [2.24, 2.45) is 5.92 Å². The minimum absolute atomic E-state index is 0.156. The largest absolute Gasteiger partial charge is 0.478 e. The van der Waals surface area contributed by atoms with Crippen LogP contribution in [0.2, 0.25) is 0 Å². The molecule has 1 aromatic carbocycles. The second kappa shape index (κ2) is 6.24. The number of amides is 1. The van der Waals surface area contributed by atoms with Crippen molar-refractivity contribution in [3.05, 3.63) is 24.0 Å². The molecule has 7 heteroatoms. The fraction of sp³-hybridized carbons (Fsp3) is 0.471. The van der Waals surface area contributed by atoms with Gasteiger partial charge in [-0.15, -0.1) is 0 Å². The van der Waals surface area contributed by atoms with Gasteiger partial charge in [0, 0.05) is 6.42 Å². The van der Waals surface area contributed by atoms with Crippen LogP contribution in [0.3, 0.4) is 0 Å². The zero-order valence-corrected chi connectivity index (χ0v) is 13.5. The minimum Gasteiger partial charge on any atom is -0.478 e. The van der Waals surface area contributed by atoms with E-state index in [1.54, 1.807) is 13.0 Å². The number of fused-ring (bicyclic) bond motifs is 1. The molecule has 1 amide bonds. The molecule has 1 saturated heterocycles. The highest BCUT2D eigenvalue weighted by Gasteiger charge is 2.28. The van der Waals surface area contributed by atoms with E-state index < -0.39 is 6.10 Å². The van der Waals surface area contributed by atoms with Crippen LogP contribution in [0.5, 0.6) is 5.75 Å². The molecule has 0 aliphatic carbocycles. The number of nitrogens with one attached hydrogen (secondary N) is 2. The molecule has 2 aliphatic heterocycles. The Kier molecular flexibility index (Phi) is 3.93. The molecule has 2 aliphatic rings. The Hall–Kier alpha value is -2.41. The monoisotopic (exact) mass is 328 g/mol. The van der Waals surface area contributed by atoms with Gasteiger partial charge >= 0.3 is 0 Å². The Bertz CT molecular complexity index is 752. The van der Waals surface area contributed by atoms with Gasteiger partial charge in [-0.2, -0.15) is 4.98 Å². The summed E-state index contributed by atoms with van der Waals surface area (Å²) in [6.07, 6.45) is 2.55. The summed E-state index contributed by atoms with van der Waals surface area (Å²) in [5.41, 5.74) is 1.34. The third-order valence-corrected chi connectivity index (χ3v) is 4.57. The standard InChI is InChI=1S/C17H20N4O3/c1-10-16(22)19-13-4-2-3-12(15(13)23-10)17-20-14(21-24-17)9-11-5-7-18-8-6-11/h2-4,10-11,18H,5-9H2,1H3,(H,19,22). The predicted octanol–water partition coefficient (Wildman–Crippen LogP) is 2.00. The molecular weight excluding hydrogens is 308 g/mol. The van der Waals surface area contributed by atoms with Gasteiger partial charge < -0.3 is 19.9 Å². The fourth-order valence-corrected chi connectivity index (χ4v) is 3.19. The lowest BCUT2D eigenvalue weighted by atomic mass is 9.94. The van der Waals surface area contributed by atoms with E-state index in [4.69, 9.17) is 9.26 Å². The van der Waals surface area contributed by atoms with E-state index >= 15 is 0 Å². The minimum atomic E-state index is -0.546. The van der Waals surface area contributed by atoms with E-state index in [1.807, 2.05) is 12.1 Å². The first-order valence-electron chi connectivity index (χ1n) is 8.35. The number of piperidine rings is 1. The van der Waals surface area contributed by atoms with Crippen molar-refractivity contribution >= 4 is 11.6 Å². The molecule has 4 rings (SSSR count). The molecule has 7 nitrogen and oxygen atoms in total. The van der Waals surface area contributed by atoms with Gasteiger partial charge in [0.15, 0.2) is 17.7 Å². The van der Waals surface area contributed by atoms with Crippen molar-refractivity contribution in [2.75, 3.05) is 18.4 Å². The maximum atomic E-state index is 11.7. The van der Waals surface area contributed by atoms with Crippen LogP contribution in [0.1, 0.15) is 25.6 Å². The zero-order chi connectivity index (χ0) is 16.5. The molecule has 126 valence electrons. The first-order chi connectivity index (χ1) is 11.7.